The van der Waals surface area contributed by atoms with Crippen LogP contribution in [0.5, 0.6) is 0 Å². The number of carbonyl (C=O) groups excluding carboxylic acids is 1. The van der Waals surface area contributed by atoms with E-state index in [0.717, 1.165) is 12.2 Å². The minimum Gasteiger partial charge on any atom is -0.342 e. The zero-order chi connectivity index (χ0) is 10.6. The molecule has 1 heterocycles. The fourth-order valence-corrected chi connectivity index (χ4v) is 1.10. The second kappa shape index (κ2) is 4.55. The largest absolute Gasteiger partial charge is 0.342 e. The highest BCUT2D eigenvalue weighted by Crippen LogP contribution is 2.10. The molecule has 14 heavy (non-hydrogen) atoms. The molecule has 0 spiro atoms. The van der Waals surface area contributed by atoms with Crippen molar-refractivity contribution < 1.29 is 4.79 Å². The molecule has 0 unspecified atom stereocenters. The van der Waals surface area contributed by atoms with Crippen LogP contribution in [-0.2, 0) is 4.79 Å². The maximum absolute atomic E-state index is 11.1. The summed E-state index contributed by atoms with van der Waals surface area (Å²) in [6, 6.07) is -0.148. The van der Waals surface area contributed by atoms with Crippen molar-refractivity contribution in [3.63, 3.8) is 0 Å². The summed E-state index contributed by atoms with van der Waals surface area (Å²) < 4.78 is 0. The smallest absolute Gasteiger partial charge is 0.243 e. The zero-order valence-corrected chi connectivity index (χ0v) is 8.37. The van der Waals surface area contributed by atoms with Gasteiger partial charge in [-0.3, -0.25) is 9.89 Å². The Morgan fingerprint density at radius 2 is 2.50 bits per heavy atom. The third-order valence-electron chi connectivity index (χ3n) is 1.84. The SMILES string of the molecule is C=CC(=O)N[C@H](CC)c1n[nH]c(C)n1. The van der Waals surface area contributed by atoms with E-state index in [0.29, 0.717) is 5.82 Å². The number of aryl methyl sites for hydroxylation is 1. The third kappa shape index (κ3) is 2.42. The Bertz CT molecular complexity index is 331. The molecule has 0 bridgehead atoms. The van der Waals surface area contributed by atoms with Gasteiger partial charge in [-0.05, 0) is 19.4 Å². The lowest BCUT2D eigenvalue weighted by atomic mass is 10.2. The van der Waals surface area contributed by atoms with Gasteiger partial charge in [-0.1, -0.05) is 13.5 Å². The summed E-state index contributed by atoms with van der Waals surface area (Å²) in [5.74, 6) is 1.14. The molecule has 1 amide bonds. The van der Waals surface area contributed by atoms with E-state index in [1.165, 1.54) is 6.08 Å². The van der Waals surface area contributed by atoms with Crippen LogP contribution in [0.4, 0.5) is 0 Å². The highest BCUT2D eigenvalue weighted by Gasteiger charge is 2.14. The van der Waals surface area contributed by atoms with Crippen LogP contribution in [0, 0.1) is 6.92 Å². The summed E-state index contributed by atoms with van der Waals surface area (Å²) in [5, 5.41) is 9.47. The first-order valence-electron chi connectivity index (χ1n) is 4.49. The van der Waals surface area contributed by atoms with Crippen LogP contribution in [0.1, 0.15) is 31.0 Å². The van der Waals surface area contributed by atoms with Gasteiger partial charge in [0.2, 0.25) is 5.91 Å². The van der Waals surface area contributed by atoms with E-state index in [1.54, 1.807) is 0 Å². The molecule has 1 aromatic rings. The van der Waals surface area contributed by atoms with Crippen molar-refractivity contribution in [2.45, 2.75) is 26.3 Å². The maximum Gasteiger partial charge on any atom is 0.243 e. The average molecular weight is 194 g/mol. The van der Waals surface area contributed by atoms with Crippen molar-refractivity contribution in [1.29, 1.82) is 0 Å². The Labute approximate surface area is 82.6 Å². The van der Waals surface area contributed by atoms with E-state index >= 15 is 0 Å². The van der Waals surface area contributed by atoms with Crippen LogP contribution >= 0.6 is 0 Å². The number of aromatic amines is 1. The first-order chi connectivity index (χ1) is 6.67. The van der Waals surface area contributed by atoms with Crippen LogP contribution in [0.2, 0.25) is 0 Å². The van der Waals surface area contributed by atoms with Gasteiger partial charge in [-0.25, -0.2) is 4.98 Å². The number of nitrogens with one attached hydrogen (secondary N) is 2. The molecule has 0 saturated carbocycles. The molecule has 5 heteroatoms. The van der Waals surface area contributed by atoms with E-state index in [9.17, 15) is 4.79 Å². The lowest BCUT2D eigenvalue weighted by molar-refractivity contribution is -0.117. The van der Waals surface area contributed by atoms with Gasteiger partial charge in [0, 0.05) is 0 Å². The molecule has 0 fully saturated rings. The number of H-pyrrole nitrogens is 1. The molecule has 0 radical (unpaired) electrons. The predicted octanol–water partition coefficient (Wildman–Crippen LogP) is 0.866. The number of hydrogen-bond donors (Lipinski definition) is 2. The van der Waals surface area contributed by atoms with Gasteiger partial charge in [-0.15, -0.1) is 0 Å². The minimum absolute atomic E-state index is 0.148. The molecule has 76 valence electrons. The van der Waals surface area contributed by atoms with Gasteiger partial charge in [0.05, 0.1) is 6.04 Å². The van der Waals surface area contributed by atoms with E-state index in [1.807, 2.05) is 13.8 Å². The van der Waals surface area contributed by atoms with E-state index < -0.39 is 0 Å². The van der Waals surface area contributed by atoms with Crippen molar-refractivity contribution >= 4 is 5.91 Å². The van der Waals surface area contributed by atoms with Crippen molar-refractivity contribution in [3.05, 3.63) is 24.3 Å². The van der Waals surface area contributed by atoms with Gasteiger partial charge in [0.1, 0.15) is 5.82 Å². The summed E-state index contributed by atoms with van der Waals surface area (Å²) >= 11 is 0. The van der Waals surface area contributed by atoms with E-state index in [2.05, 4.69) is 27.1 Å². The molecular formula is C9H14N4O. The van der Waals surface area contributed by atoms with Gasteiger partial charge in [0.15, 0.2) is 5.82 Å². The maximum atomic E-state index is 11.1. The molecule has 1 atom stereocenters. The van der Waals surface area contributed by atoms with Crippen LogP contribution in [0.3, 0.4) is 0 Å². The number of carbonyl (C=O) groups is 1. The third-order valence-corrected chi connectivity index (χ3v) is 1.84. The summed E-state index contributed by atoms with van der Waals surface area (Å²) in [6.07, 6.45) is 1.99. The zero-order valence-electron chi connectivity index (χ0n) is 8.37. The minimum atomic E-state index is -0.209. The second-order valence-electron chi connectivity index (χ2n) is 2.95. The number of hydrogen-bond acceptors (Lipinski definition) is 3. The first-order valence-corrected chi connectivity index (χ1v) is 4.49. The Balaban J connectivity index is 2.71. The molecule has 1 aromatic heterocycles. The van der Waals surface area contributed by atoms with Gasteiger partial charge in [-0.2, -0.15) is 5.10 Å². The number of rotatable bonds is 4. The van der Waals surface area contributed by atoms with Crippen LogP contribution in [0.25, 0.3) is 0 Å². The van der Waals surface area contributed by atoms with Crippen LogP contribution < -0.4 is 5.32 Å². The molecule has 1 rings (SSSR count). The Morgan fingerprint density at radius 1 is 1.79 bits per heavy atom. The summed E-state index contributed by atoms with van der Waals surface area (Å²) in [5.41, 5.74) is 0. The standard InChI is InChI=1S/C9H14N4O/c1-4-7(11-8(14)5-2)9-10-6(3)12-13-9/h5,7H,2,4H2,1,3H3,(H,11,14)(H,10,12,13)/t7-/m1/s1. The Hall–Kier alpha value is -1.65. The lowest BCUT2D eigenvalue weighted by Gasteiger charge is -2.11. The summed E-state index contributed by atoms with van der Waals surface area (Å²) in [6.45, 7) is 7.16. The molecule has 0 aliphatic heterocycles. The predicted molar refractivity (Wildman–Crippen MR) is 52.5 cm³/mol. The fourth-order valence-electron chi connectivity index (χ4n) is 1.10. The highest BCUT2D eigenvalue weighted by molar-refractivity contribution is 5.87. The van der Waals surface area contributed by atoms with Crippen molar-refractivity contribution in [1.82, 2.24) is 20.5 Å². The Kier molecular flexibility index (Phi) is 3.39. The molecule has 2 N–H and O–H groups in total. The second-order valence-corrected chi connectivity index (χ2v) is 2.95. The highest BCUT2D eigenvalue weighted by atomic mass is 16.1. The Morgan fingerprint density at radius 3 is 2.93 bits per heavy atom. The normalized spacial score (nSPS) is 12.1. The number of nitrogens with zero attached hydrogens (tertiary/aromatic N) is 2. The molecule has 0 aliphatic rings. The van der Waals surface area contributed by atoms with Gasteiger partial charge < -0.3 is 5.32 Å². The summed E-state index contributed by atoms with van der Waals surface area (Å²) in [4.78, 5) is 15.2. The summed E-state index contributed by atoms with van der Waals surface area (Å²) in [7, 11) is 0. The number of aromatic nitrogens is 3. The molecule has 5 nitrogen and oxygen atoms in total. The van der Waals surface area contributed by atoms with Crippen LogP contribution in [0.15, 0.2) is 12.7 Å². The molecule has 0 saturated heterocycles. The van der Waals surface area contributed by atoms with Crippen molar-refractivity contribution in [3.8, 4) is 0 Å². The lowest BCUT2D eigenvalue weighted by Crippen LogP contribution is -2.27. The molecular weight excluding hydrogens is 180 g/mol. The van der Waals surface area contributed by atoms with Gasteiger partial charge >= 0.3 is 0 Å². The van der Waals surface area contributed by atoms with Crippen molar-refractivity contribution in [2.24, 2.45) is 0 Å². The first kappa shape index (κ1) is 10.4. The van der Waals surface area contributed by atoms with Gasteiger partial charge in [0.25, 0.3) is 0 Å². The molecule has 0 aromatic carbocycles. The topological polar surface area (TPSA) is 70.7 Å². The van der Waals surface area contributed by atoms with Crippen LogP contribution in [-0.4, -0.2) is 21.1 Å². The van der Waals surface area contributed by atoms with E-state index in [4.69, 9.17) is 0 Å². The fraction of sp³-hybridized carbons (Fsp3) is 0.444. The quantitative estimate of drug-likeness (QED) is 0.698. The average Bonchev–Trinajstić information content (AvgIpc) is 2.60. The molecule has 0 aliphatic carbocycles. The number of amides is 1. The van der Waals surface area contributed by atoms with E-state index in [-0.39, 0.29) is 11.9 Å². The monoisotopic (exact) mass is 194 g/mol. The van der Waals surface area contributed by atoms with Crippen molar-refractivity contribution in [2.75, 3.05) is 0 Å².